The first-order valence-corrected chi connectivity index (χ1v) is 6.54. The lowest BCUT2D eigenvalue weighted by Gasteiger charge is -2.07. The van der Waals surface area contributed by atoms with E-state index in [9.17, 15) is 13.2 Å². The Kier molecular flexibility index (Phi) is 4.62. The summed E-state index contributed by atoms with van der Waals surface area (Å²) in [5.74, 6) is 0. The maximum Gasteiger partial charge on any atom is 0.416 e. The van der Waals surface area contributed by atoms with Crippen molar-refractivity contribution in [1.82, 2.24) is 0 Å². The quantitative estimate of drug-likeness (QED) is 0.640. The summed E-state index contributed by atoms with van der Waals surface area (Å²) in [7, 11) is 0. The van der Waals surface area contributed by atoms with Crippen molar-refractivity contribution >= 4 is 11.9 Å². The van der Waals surface area contributed by atoms with Gasteiger partial charge in [-0.05, 0) is 41.8 Å². The molecule has 1 N–H and O–H groups in total. The third-order valence-electron chi connectivity index (χ3n) is 3.01. The molecule has 0 atom stereocenters. The average molecular weight is 292 g/mol. The summed E-state index contributed by atoms with van der Waals surface area (Å²) in [6, 6.07) is 12.6. The van der Waals surface area contributed by atoms with Crippen molar-refractivity contribution in [3.05, 3.63) is 65.2 Å². The van der Waals surface area contributed by atoms with Crippen LogP contribution in [0.3, 0.4) is 0 Å². The largest absolute Gasteiger partial charge is 0.416 e. The fourth-order valence-electron chi connectivity index (χ4n) is 1.75. The van der Waals surface area contributed by atoms with Crippen LogP contribution in [-0.4, -0.2) is 6.21 Å². The standard InChI is InChI=1S/C16H15F3N2/c1-2-12-3-5-13(6-4-12)11-20-21-15-9-7-14(8-10-15)16(17,18)19/h3-11,21H,2H2,1H3. The minimum atomic E-state index is -4.32. The van der Waals surface area contributed by atoms with Gasteiger partial charge in [0.05, 0.1) is 17.5 Å². The van der Waals surface area contributed by atoms with E-state index in [0.29, 0.717) is 5.69 Å². The van der Waals surface area contributed by atoms with E-state index < -0.39 is 11.7 Å². The normalized spacial score (nSPS) is 11.8. The van der Waals surface area contributed by atoms with E-state index in [4.69, 9.17) is 0 Å². The third-order valence-corrected chi connectivity index (χ3v) is 3.01. The lowest BCUT2D eigenvalue weighted by molar-refractivity contribution is -0.137. The molecule has 0 heterocycles. The zero-order chi connectivity index (χ0) is 15.3. The molecule has 0 saturated heterocycles. The number of halogens is 3. The molecule has 0 aliphatic carbocycles. The predicted molar refractivity (Wildman–Crippen MR) is 78.5 cm³/mol. The summed E-state index contributed by atoms with van der Waals surface area (Å²) in [5.41, 5.74) is 4.69. The molecule has 0 spiro atoms. The van der Waals surface area contributed by atoms with Crippen LogP contribution in [0, 0.1) is 0 Å². The second-order valence-electron chi connectivity index (χ2n) is 4.54. The smallest absolute Gasteiger partial charge is 0.279 e. The highest BCUT2D eigenvalue weighted by atomic mass is 19.4. The molecule has 2 aromatic carbocycles. The van der Waals surface area contributed by atoms with Gasteiger partial charge in [0.1, 0.15) is 0 Å². The molecule has 0 aromatic heterocycles. The van der Waals surface area contributed by atoms with Gasteiger partial charge in [0.15, 0.2) is 0 Å². The summed E-state index contributed by atoms with van der Waals surface area (Å²) in [6.07, 6.45) is -1.72. The van der Waals surface area contributed by atoms with E-state index in [0.717, 1.165) is 24.1 Å². The highest BCUT2D eigenvalue weighted by molar-refractivity contribution is 5.80. The molecule has 21 heavy (non-hydrogen) atoms. The van der Waals surface area contributed by atoms with Crippen molar-refractivity contribution in [3.63, 3.8) is 0 Å². The van der Waals surface area contributed by atoms with Crippen LogP contribution in [0.25, 0.3) is 0 Å². The number of aryl methyl sites for hydroxylation is 1. The molecular formula is C16H15F3N2. The first kappa shape index (κ1) is 15.1. The maximum atomic E-state index is 12.4. The second-order valence-corrected chi connectivity index (χ2v) is 4.54. The molecule has 0 saturated carbocycles. The SMILES string of the molecule is CCc1ccc(C=NNc2ccc(C(F)(F)F)cc2)cc1. The van der Waals surface area contributed by atoms with Crippen molar-refractivity contribution in [3.8, 4) is 0 Å². The molecular weight excluding hydrogens is 277 g/mol. The van der Waals surface area contributed by atoms with Crippen LogP contribution in [0.2, 0.25) is 0 Å². The van der Waals surface area contributed by atoms with E-state index in [1.54, 1.807) is 6.21 Å². The van der Waals surface area contributed by atoms with Gasteiger partial charge >= 0.3 is 6.18 Å². The number of nitrogens with zero attached hydrogens (tertiary/aromatic N) is 1. The van der Waals surface area contributed by atoms with Crippen LogP contribution >= 0.6 is 0 Å². The van der Waals surface area contributed by atoms with Crippen molar-refractivity contribution in [2.45, 2.75) is 19.5 Å². The van der Waals surface area contributed by atoms with Crippen LogP contribution in [0.15, 0.2) is 53.6 Å². The first-order chi connectivity index (χ1) is 9.99. The van der Waals surface area contributed by atoms with Gasteiger partial charge in [0.2, 0.25) is 0 Å². The molecule has 0 amide bonds. The summed E-state index contributed by atoms with van der Waals surface area (Å²) in [6.45, 7) is 2.08. The van der Waals surface area contributed by atoms with Gasteiger partial charge in [-0.1, -0.05) is 31.2 Å². The van der Waals surface area contributed by atoms with E-state index in [-0.39, 0.29) is 0 Å². The second kappa shape index (κ2) is 6.43. The van der Waals surface area contributed by atoms with Crippen molar-refractivity contribution < 1.29 is 13.2 Å². The predicted octanol–water partition coefficient (Wildman–Crippen LogP) is 4.71. The molecule has 0 aliphatic heterocycles. The van der Waals surface area contributed by atoms with E-state index in [1.165, 1.54) is 17.7 Å². The zero-order valence-electron chi connectivity index (χ0n) is 11.5. The van der Waals surface area contributed by atoms with Gasteiger partial charge in [-0.15, -0.1) is 0 Å². The molecule has 2 nitrogen and oxygen atoms in total. The van der Waals surface area contributed by atoms with Crippen LogP contribution in [0.1, 0.15) is 23.6 Å². The number of hydrogen-bond acceptors (Lipinski definition) is 2. The topological polar surface area (TPSA) is 24.4 Å². The van der Waals surface area contributed by atoms with Crippen LogP contribution in [0.5, 0.6) is 0 Å². The maximum absolute atomic E-state index is 12.4. The minimum Gasteiger partial charge on any atom is -0.279 e. The van der Waals surface area contributed by atoms with Crippen molar-refractivity contribution in [1.29, 1.82) is 0 Å². The summed E-state index contributed by atoms with van der Waals surface area (Å²) in [5, 5.41) is 4.00. The Balaban J connectivity index is 1.97. The fourth-order valence-corrected chi connectivity index (χ4v) is 1.75. The summed E-state index contributed by atoms with van der Waals surface area (Å²) < 4.78 is 37.2. The Morgan fingerprint density at radius 3 is 2.14 bits per heavy atom. The first-order valence-electron chi connectivity index (χ1n) is 6.54. The number of hydrogen-bond donors (Lipinski definition) is 1. The highest BCUT2D eigenvalue weighted by Crippen LogP contribution is 2.29. The zero-order valence-corrected chi connectivity index (χ0v) is 11.5. The molecule has 0 fully saturated rings. The highest BCUT2D eigenvalue weighted by Gasteiger charge is 2.29. The number of nitrogens with one attached hydrogen (secondary N) is 1. The lowest BCUT2D eigenvalue weighted by Crippen LogP contribution is -2.04. The molecule has 2 rings (SSSR count). The van der Waals surface area contributed by atoms with E-state index >= 15 is 0 Å². The number of benzene rings is 2. The Morgan fingerprint density at radius 2 is 1.62 bits per heavy atom. The third kappa shape index (κ3) is 4.34. The molecule has 110 valence electrons. The molecule has 0 bridgehead atoms. The summed E-state index contributed by atoms with van der Waals surface area (Å²) in [4.78, 5) is 0. The van der Waals surface area contributed by atoms with Crippen LogP contribution in [-0.2, 0) is 12.6 Å². The van der Waals surface area contributed by atoms with Gasteiger partial charge in [-0.2, -0.15) is 18.3 Å². The number of hydrazone groups is 1. The summed E-state index contributed by atoms with van der Waals surface area (Å²) >= 11 is 0. The Labute approximate surface area is 121 Å². The van der Waals surface area contributed by atoms with Gasteiger partial charge in [0.25, 0.3) is 0 Å². The number of rotatable bonds is 4. The molecule has 0 aliphatic rings. The van der Waals surface area contributed by atoms with Gasteiger partial charge in [-0.3, -0.25) is 5.43 Å². The average Bonchev–Trinajstić information content (AvgIpc) is 2.47. The van der Waals surface area contributed by atoms with Gasteiger partial charge < -0.3 is 0 Å². The Morgan fingerprint density at radius 1 is 1.00 bits per heavy atom. The fraction of sp³-hybridized carbons (Fsp3) is 0.188. The minimum absolute atomic E-state index is 0.504. The molecule has 5 heteroatoms. The van der Waals surface area contributed by atoms with Crippen molar-refractivity contribution in [2.75, 3.05) is 5.43 Å². The number of alkyl halides is 3. The Bertz CT molecular complexity index is 599. The Hall–Kier alpha value is -2.30. The number of anilines is 1. The van der Waals surface area contributed by atoms with Crippen LogP contribution < -0.4 is 5.43 Å². The molecule has 0 radical (unpaired) electrons. The van der Waals surface area contributed by atoms with E-state index in [2.05, 4.69) is 17.5 Å². The van der Waals surface area contributed by atoms with Crippen LogP contribution in [0.4, 0.5) is 18.9 Å². The lowest BCUT2D eigenvalue weighted by atomic mass is 10.1. The van der Waals surface area contributed by atoms with Crippen molar-refractivity contribution in [2.24, 2.45) is 5.10 Å². The molecule has 2 aromatic rings. The van der Waals surface area contributed by atoms with Gasteiger partial charge in [0, 0.05) is 0 Å². The monoisotopic (exact) mass is 292 g/mol. The van der Waals surface area contributed by atoms with E-state index in [1.807, 2.05) is 24.3 Å². The van der Waals surface area contributed by atoms with Gasteiger partial charge in [-0.25, -0.2) is 0 Å². The molecule has 0 unspecified atom stereocenters.